The van der Waals surface area contributed by atoms with Crippen LogP contribution >= 0.6 is 0 Å². The third-order valence-corrected chi connectivity index (χ3v) is 3.07. The van der Waals surface area contributed by atoms with Gasteiger partial charge in [0.15, 0.2) is 6.29 Å². The Bertz CT molecular complexity index is 571. The van der Waals surface area contributed by atoms with Crippen LogP contribution in [-0.4, -0.2) is 11.4 Å². The minimum absolute atomic E-state index is 0.0263. The molecule has 2 heteroatoms. The van der Waals surface area contributed by atoms with E-state index in [0.29, 0.717) is 11.8 Å². The van der Waals surface area contributed by atoms with Crippen molar-refractivity contribution in [1.82, 2.24) is 0 Å². The van der Waals surface area contributed by atoms with E-state index in [4.69, 9.17) is 0 Å². The Balaban J connectivity index is 2.57. The largest absolute Gasteiger partial charge is 0.507 e. The van der Waals surface area contributed by atoms with Gasteiger partial charge in [0.2, 0.25) is 0 Å². The van der Waals surface area contributed by atoms with Gasteiger partial charge in [0.25, 0.3) is 0 Å². The van der Waals surface area contributed by atoms with Crippen molar-refractivity contribution in [3.05, 3.63) is 53.1 Å². The van der Waals surface area contributed by atoms with Crippen LogP contribution in [0.1, 0.15) is 21.5 Å². The summed E-state index contributed by atoms with van der Waals surface area (Å²) in [5.41, 5.74) is 4.72. The average Bonchev–Trinajstić information content (AvgIpc) is 2.32. The SMILES string of the molecule is Cc1cccc(-c2ccc(C=O)c(O)c2)c1C. The zero-order valence-electron chi connectivity index (χ0n) is 9.90. The van der Waals surface area contributed by atoms with Gasteiger partial charge < -0.3 is 5.11 Å². The maximum atomic E-state index is 10.6. The first-order valence-corrected chi connectivity index (χ1v) is 5.48. The lowest BCUT2D eigenvalue weighted by Crippen LogP contribution is -1.88. The molecule has 0 fully saturated rings. The Morgan fingerprint density at radius 1 is 1.12 bits per heavy atom. The third-order valence-electron chi connectivity index (χ3n) is 3.07. The monoisotopic (exact) mass is 226 g/mol. The standard InChI is InChI=1S/C15H14O2/c1-10-4-3-5-14(11(10)2)12-6-7-13(9-16)15(17)8-12/h3-9,17H,1-2H3. The number of rotatable bonds is 2. The molecule has 1 N–H and O–H groups in total. The quantitative estimate of drug-likeness (QED) is 0.796. The van der Waals surface area contributed by atoms with Gasteiger partial charge in [-0.05, 0) is 48.2 Å². The first kappa shape index (κ1) is 11.4. The van der Waals surface area contributed by atoms with E-state index in [0.717, 1.165) is 11.1 Å². The van der Waals surface area contributed by atoms with Crippen LogP contribution in [0.3, 0.4) is 0 Å². The second-order valence-electron chi connectivity index (χ2n) is 4.14. The molecule has 2 rings (SSSR count). The summed E-state index contributed by atoms with van der Waals surface area (Å²) < 4.78 is 0. The Hall–Kier alpha value is -2.09. The van der Waals surface area contributed by atoms with Gasteiger partial charge in [-0.3, -0.25) is 4.79 Å². The molecule has 0 saturated heterocycles. The molecule has 0 bridgehead atoms. The second kappa shape index (κ2) is 4.42. The highest BCUT2D eigenvalue weighted by Crippen LogP contribution is 2.29. The average molecular weight is 226 g/mol. The number of aldehydes is 1. The van der Waals surface area contributed by atoms with Gasteiger partial charge in [-0.2, -0.15) is 0 Å². The second-order valence-corrected chi connectivity index (χ2v) is 4.14. The van der Waals surface area contributed by atoms with Gasteiger partial charge in [0.05, 0.1) is 5.56 Å². The van der Waals surface area contributed by atoms with Crippen LogP contribution in [0, 0.1) is 13.8 Å². The van der Waals surface area contributed by atoms with Gasteiger partial charge in [0, 0.05) is 0 Å². The van der Waals surface area contributed by atoms with Crippen LogP contribution in [-0.2, 0) is 0 Å². The molecular formula is C15H14O2. The fourth-order valence-electron chi connectivity index (χ4n) is 1.87. The van der Waals surface area contributed by atoms with Crippen molar-refractivity contribution in [2.75, 3.05) is 0 Å². The third kappa shape index (κ3) is 2.07. The number of benzene rings is 2. The topological polar surface area (TPSA) is 37.3 Å². The van der Waals surface area contributed by atoms with Crippen molar-refractivity contribution in [3.8, 4) is 16.9 Å². The highest BCUT2D eigenvalue weighted by molar-refractivity contribution is 5.82. The number of hydrogen-bond acceptors (Lipinski definition) is 2. The molecular weight excluding hydrogens is 212 g/mol. The molecule has 86 valence electrons. The first-order chi connectivity index (χ1) is 8.13. The Labute approximate surface area is 101 Å². The van der Waals surface area contributed by atoms with Crippen LogP contribution in [0.5, 0.6) is 5.75 Å². The molecule has 0 aliphatic heterocycles. The van der Waals surface area contributed by atoms with E-state index in [1.807, 2.05) is 18.2 Å². The number of carbonyl (C=O) groups excluding carboxylic acids is 1. The predicted octanol–water partition coefficient (Wildman–Crippen LogP) is 3.49. The Morgan fingerprint density at radius 2 is 1.88 bits per heavy atom. The van der Waals surface area contributed by atoms with Crippen LogP contribution < -0.4 is 0 Å². The molecule has 0 atom stereocenters. The lowest BCUT2D eigenvalue weighted by atomic mass is 9.96. The zero-order valence-corrected chi connectivity index (χ0v) is 9.90. The summed E-state index contributed by atoms with van der Waals surface area (Å²) in [4.78, 5) is 10.6. The number of phenolic OH excluding ortho intramolecular Hbond substituents is 1. The van der Waals surface area contributed by atoms with Gasteiger partial charge in [-0.25, -0.2) is 0 Å². The highest BCUT2D eigenvalue weighted by atomic mass is 16.3. The Morgan fingerprint density at radius 3 is 2.53 bits per heavy atom. The van der Waals surface area contributed by atoms with E-state index in [1.165, 1.54) is 11.1 Å². The lowest BCUT2D eigenvalue weighted by molar-refractivity contribution is 0.112. The van der Waals surface area contributed by atoms with Crippen molar-refractivity contribution in [3.63, 3.8) is 0 Å². The molecule has 17 heavy (non-hydrogen) atoms. The minimum atomic E-state index is 0.0263. The summed E-state index contributed by atoms with van der Waals surface area (Å²) in [5, 5.41) is 9.68. The van der Waals surface area contributed by atoms with E-state index >= 15 is 0 Å². The summed E-state index contributed by atoms with van der Waals surface area (Å²) in [6, 6.07) is 11.2. The molecule has 0 aliphatic carbocycles. The summed E-state index contributed by atoms with van der Waals surface area (Å²) in [6.45, 7) is 4.10. The van der Waals surface area contributed by atoms with Crippen molar-refractivity contribution in [2.45, 2.75) is 13.8 Å². The smallest absolute Gasteiger partial charge is 0.153 e. The van der Waals surface area contributed by atoms with E-state index in [1.54, 1.807) is 12.1 Å². The molecule has 2 nitrogen and oxygen atoms in total. The molecule has 0 aliphatic rings. The first-order valence-electron chi connectivity index (χ1n) is 5.48. The van der Waals surface area contributed by atoms with Gasteiger partial charge in [-0.1, -0.05) is 24.3 Å². The maximum absolute atomic E-state index is 10.6. The number of aromatic hydroxyl groups is 1. The van der Waals surface area contributed by atoms with Crippen LogP contribution in [0.25, 0.3) is 11.1 Å². The van der Waals surface area contributed by atoms with Crippen LogP contribution in [0.2, 0.25) is 0 Å². The zero-order chi connectivity index (χ0) is 12.4. The lowest BCUT2D eigenvalue weighted by Gasteiger charge is -2.09. The summed E-state index contributed by atoms with van der Waals surface area (Å²) >= 11 is 0. The number of hydrogen-bond donors (Lipinski definition) is 1. The number of phenols is 1. The summed E-state index contributed by atoms with van der Waals surface area (Å²) in [7, 11) is 0. The normalized spacial score (nSPS) is 10.2. The summed E-state index contributed by atoms with van der Waals surface area (Å²) in [5.74, 6) is 0.0263. The molecule has 2 aromatic carbocycles. The van der Waals surface area contributed by atoms with E-state index < -0.39 is 0 Å². The maximum Gasteiger partial charge on any atom is 0.153 e. The van der Waals surface area contributed by atoms with E-state index in [2.05, 4.69) is 19.9 Å². The molecule has 0 spiro atoms. The predicted molar refractivity (Wildman–Crippen MR) is 68.4 cm³/mol. The molecule has 0 radical (unpaired) electrons. The van der Waals surface area contributed by atoms with Crippen LogP contribution in [0.4, 0.5) is 0 Å². The van der Waals surface area contributed by atoms with Gasteiger partial charge in [0.1, 0.15) is 5.75 Å². The molecule has 0 amide bonds. The minimum Gasteiger partial charge on any atom is -0.507 e. The van der Waals surface area contributed by atoms with Crippen molar-refractivity contribution in [2.24, 2.45) is 0 Å². The van der Waals surface area contributed by atoms with Crippen molar-refractivity contribution < 1.29 is 9.90 Å². The summed E-state index contributed by atoms with van der Waals surface area (Å²) in [6.07, 6.45) is 0.655. The molecule has 2 aromatic rings. The van der Waals surface area contributed by atoms with Crippen molar-refractivity contribution >= 4 is 6.29 Å². The molecule has 0 heterocycles. The van der Waals surface area contributed by atoms with Crippen LogP contribution in [0.15, 0.2) is 36.4 Å². The number of carbonyl (C=O) groups is 1. The fraction of sp³-hybridized carbons (Fsp3) is 0.133. The molecule has 0 aromatic heterocycles. The number of aryl methyl sites for hydroxylation is 1. The highest BCUT2D eigenvalue weighted by Gasteiger charge is 2.06. The molecule has 0 unspecified atom stereocenters. The van der Waals surface area contributed by atoms with Gasteiger partial charge >= 0.3 is 0 Å². The molecule has 0 saturated carbocycles. The Kier molecular flexibility index (Phi) is 2.96. The van der Waals surface area contributed by atoms with Gasteiger partial charge in [-0.15, -0.1) is 0 Å². The van der Waals surface area contributed by atoms with E-state index in [9.17, 15) is 9.90 Å². The van der Waals surface area contributed by atoms with E-state index in [-0.39, 0.29) is 5.75 Å². The van der Waals surface area contributed by atoms with Crippen molar-refractivity contribution in [1.29, 1.82) is 0 Å². The fourth-order valence-corrected chi connectivity index (χ4v) is 1.87.